The van der Waals surface area contributed by atoms with Gasteiger partial charge in [-0.1, -0.05) is 249 Å². The molecule has 0 amide bonds. The van der Waals surface area contributed by atoms with Crippen molar-refractivity contribution in [3.8, 4) is 0 Å². The summed E-state index contributed by atoms with van der Waals surface area (Å²) in [5, 5.41) is 0. The number of allylic oxidation sites excluding steroid dienone is 8. The maximum Gasteiger partial charge on any atom is 0.469 e. The Hall–Kier alpha value is -1.99. The highest BCUT2D eigenvalue weighted by Crippen LogP contribution is 2.36. The van der Waals surface area contributed by atoms with Gasteiger partial charge in [0.2, 0.25) is 0 Å². The summed E-state index contributed by atoms with van der Waals surface area (Å²) in [4.78, 5) is 43.1. The summed E-state index contributed by atoms with van der Waals surface area (Å²) in [5.74, 6) is -0.882. The van der Waals surface area contributed by atoms with Crippen molar-refractivity contribution in [2.24, 2.45) is 0 Å². The largest absolute Gasteiger partial charge is 0.469 e. The third-order valence-electron chi connectivity index (χ3n) is 11.6. The molecule has 0 aromatic carbocycles. The highest BCUT2D eigenvalue weighted by Gasteiger charge is 2.23. The summed E-state index contributed by atoms with van der Waals surface area (Å²) in [6.07, 6.45) is 62.8. The molecule has 0 saturated heterocycles. The van der Waals surface area contributed by atoms with Crippen LogP contribution in [0, 0.1) is 0 Å². The lowest BCUT2D eigenvalue weighted by Gasteiger charge is -2.18. The number of unbranched alkanes of at least 4 members (excludes halogenated alkanes) is 31. The molecule has 0 aliphatic carbocycles. The van der Waals surface area contributed by atoms with Crippen molar-refractivity contribution in [1.82, 2.24) is 0 Å². The predicted molar refractivity (Wildman–Crippen MR) is 267 cm³/mol. The van der Waals surface area contributed by atoms with Gasteiger partial charge >= 0.3 is 19.8 Å². The minimum atomic E-state index is -4.76. The molecular formula is C54H99O8P. The number of rotatable bonds is 49. The van der Waals surface area contributed by atoms with Crippen molar-refractivity contribution in [1.29, 1.82) is 0 Å². The zero-order valence-corrected chi connectivity index (χ0v) is 41.9. The third-order valence-corrected chi connectivity index (χ3v) is 12.1. The molecule has 0 radical (unpaired) electrons. The molecule has 0 aromatic rings. The van der Waals surface area contributed by atoms with Gasteiger partial charge in [-0.2, -0.15) is 0 Å². The lowest BCUT2D eigenvalue weighted by atomic mass is 10.0. The van der Waals surface area contributed by atoms with Gasteiger partial charge in [0, 0.05) is 12.8 Å². The zero-order valence-electron chi connectivity index (χ0n) is 41.0. The van der Waals surface area contributed by atoms with Crippen LogP contribution in [-0.4, -0.2) is 41.0 Å². The fourth-order valence-corrected chi connectivity index (χ4v) is 8.08. The van der Waals surface area contributed by atoms with E-state index in [0.717, 1.165) is 70.6 Å². The summed E-state index contributed by atoms with van der Waals surface area (Å²) in [6, 6.07) is 0. The third kappa shape index (κ3) is 52.5. The van der Waals surface area contributed by atoms with Gasteiger partial charge in [-0.05, 0) is 51.4 Å². The van der Waals surface area contributed by atoms with Crippen molar-refractivity contribution < 1.29 is 37.9 Å². The van der Waals surface area contributed by atoms with Crippen LogP contribution in [0.4, 0.5) is 0 Å². The Morgan fingerprint density at radius 2 is 0.762 bits per heavy atom. The topological polar surface area (TPSA) is 119 Å². The molecule has 8 nitrogen and oxygen atoms in total. The number of phosphoric acid groups is 1. The average molecular weight is 907 g/mol. The molecule has 0 heterocycles. The molecule has 0 spiro atoms. The van der Waals surface area contributed by atoms with Crippen molar-refractivity contribution >= 4 is 19.8 Å². The molecule has 0 aromatic heterocycles. The Morgan fingerprint density at radius 3 is 1.14 bits per heavy atom. The summed E-state index contributed by atoms with van der Waals surface area (Å²) >= 11 is 0. The van der Waals surface area contributed by atoms with Crippen LogP contribution in [0.25, 0.3) is 0 Å². The number of phosphoric ester groups is 1. The van der Waals surface area contributed by atoms with E-state index in [-0.39, 0.29) is 19.4 Å². The van der Waals surface area contributed by atoms with Crippen molar-refractivity contribution in [3.05, 3.63) is 48.6 Å². The minimum absolute atomic E-state index is 0.203. The van der Waals surface area contributed by atoms with Crippen LogP contribution in [0.3, 0.4) is 0 Å². The van der Waals surface area contributed by atoms with Crippen LogP contribution in [0.2, 0.25) is 0 Å². The molecular weight excluding hydrogens is 808 g/mol. The van der Waals surface area contributed by atoms with Crippen LogP contribution in [0.1, 0.15) is 264 Å². The van der Waals surface area contributed by atoms with Crippen LogP contribution in [0.5, 0.6) is 0 Å². The molecule has 0 saturated carbocycles. The van der Waals surface area contributed by atoms with Gasteiger partial charge in [0.15, 0.2) is 6.10 Å². The van der Waals surface area contributed by atoms with Gasteiger partial charge in [0.1, 0.15) is 6.61 Å². The second-order valence-electron chi connectivity index (χ2n) is 17.8. The van der Waals surface area contributed by atoms with E-state index in [9.17, 15) is 14.2 Å². The monoisotopic (exact) mass is 907 g/mol. The highest BCUT2D eigenvalue weighted by molar-refractivity contribution is 7.46. The standard InChI is InChI=1S/C54H99O8P/c1-3-5-7-9-11-13-15-17-19-21-23-25-26-27-29-30-32-34-36-38-40-42-44-46-48-53(55)60-50-52(51-61-63(57,58)59)62-54(56)49-47-45-43-41-39-37-35-33-31-28-24-22-20-18-16-14-12-10-8-6-4-2/h6,8,12,14,18,20,24,28,52H,3-5,7,9-11,13,15-17,19,21-23,25-27,29-51H2,1-2H3,(H2,57,58,59)/b8-6-,14-12-,20-18-,28-24-. The van der Waals surface area contributed by atoms with E-state index in [4.69, 9.17) is 19.3 Å². The van der Waals surface area contributed by atoms with E-state index in [2.05, 4.69) is 67.0 Å². The number of esters is 2. The molecule has 0 fully saturated rings. The number of hydrogen-bond donors (Lipinski definition) is 2. The first-order valence-corrected chi connectivity index (χ1v) is 28.0. The Morgan fingerprint density at radius 1 is 0.429 bits per heavy atom. The van der Waals surface area contributed by atoms with E-state index in [1.165, 1.54) is 161 Å². The van der Waals surface area contributed by atoms with Crippen LogP contribution in [0.15, 0.2) is 48.6 Å². The summed E-state index contributed by atoms with van der Waals surface area (Å²) in [7, 11) is -4.76. The van der Waals surface area contributed by atoms with E-state index in [1.54, 1.807) is 0 Å². The minimum Gasteiger partial charge on any atom is -0.462 e. The molecule has 368 valence electrons. The maximum atomic E-state index is 12.5. The zero-order chi connectivity index (χ0) is 46.0. The Kier molecular flexibility index (Phi) is 47.9. The van der Waals surface area contributed by atoms with Crippen molar-refractivity contribution in [3.63, 3.8) is 0 Å². The molecule has 0 bridgehead atoms. The highest BCUT2D eigenvalue weighted by atomic mass is 31.2. The normalized spacial score (nSPS) is 12.8. The quantitative estimate of drug-likeness (QED) is 0.0268. The molecule has 0 aliphatic rings. The molecule has 1 atom stereocenters. The second-order valence-corrected chi connectivity index (χ2v) is 19.1. The van der Waals surface area contributed by atoms with E-state index < -0.39 is 32.5 Å². The van der Waals surface area contributed by atoms with Crippen LogP contribution < -0.4 is 0 Å². The Bertz CT molecular complexity index is 1160. The van der Waals surface area contributed by atoms with Crippen LogP contribution in [-0.2, 0) is 28.2 Å². The van der Waals surface area contributed by atoms with E-state index >= 15 is 0 Å². The fourth-order valence-electron chi connectivity index (χ4n) is 7.72. The second kappa shape index (κ2) is 49.4. The smallest absolute Gasteiger partial charge is 0.462 e. The molecule has 2 N–H and O–H groups in total. The number of carbonyl (C=O) groups excluding carboxylic acids is 2. The first-order chi connectivity index (χ1) is 30.8. The lowest BCUT2D eigenvalue weighted by molar-refractivity contribution is -0.161. The van der Waals surface area contributed by atoms with Crippen LogP contribution >= 0.6 is 7.82 Å². The van der Waals surface area contributed by atoms with E-state index in [1.807, 2.05) is 0 Å². The molecule has 63 heavy (non-hydrogen) atoms. The van der Waals surface area contributed by atoms with Crippen molar-refractivity contribution in [2.75, 3.05) is 13.2 Å². The summed E-state index contributed by atoms with van der Waals surface area (Å²) < 4.78 is 26.6. The lowest BCUT2D eigenvalue weighted by Crippen LogP contribution is -2.29. The van der Waals surface area contributed by atoms with Gasteiger partial charge in [0.05, 0.1) is 6.61 Å². The Labute approximate surface area is 388 Å². The first kappa shape index (κ1) is 61.0. The summed E-state index contributed by atoms with van der Waals surface area (Å²) in [6.45, 7) is 3.61. The van der Waals surface area contributed by atoms with Gasteiger partial charge in [0.25, 0.3) is 0 Å². The fraction of sp³-hybridized carbons (Fsp3) is 0.815. The molecule has 0 rings (SSSR count). The average Bonchev–Trinajstić information content (AvgIpc) is 3.26. The van der Waals surface area contributed by atoms with Gasteiger partial charge in [-0.25, -0.2) is 4.57 Å². The number of hydrogen-bond acceptors (Lipinski definition) is 6. The maximum absolute atomic E-state index is 12.5. The number of ether oxygens (including phenoxy) is 2. The van der Waals surface area contributed by atoms with Gasteiger partial charge in [-0.15, -0.1) is 0 Å². The van der Waals surface area contributed by atoms with Gasteiger partial charge < -0.3 is 19.3 Å². The molecule has 9 heteroatoms. The molecule has 1 unspecified atom stereocenters. The molecule has 0 aliphatic heterocycles. The SMILES string of the molecule is CC/C=C\C/C=C\C/C=C\C/C=C\CCCCCCCCCCC(=O)OC(COC(=O)CCCCCCCCCCCCCCCCCCCCCCCCCC)COP(=O)(O)O. The van der Waals surface area contributed by atoms with E-state index in [0.29, 0.717) is 6.42 Å². The predicted octanol–water partition coefficient (Wildman–Crippen LogP) is 17.0. The Balaban J connectivity index is 3.79. The summed E-state index contributed by atoms with van der Waals surface area (Å²) in [5.41, 5.74) is 0. The number of carbonyl (C=O) groups is 2. The first-order valence-electron chi connectivity index (χ1n) is 26.4. The van der Waals surface area contributed by atoms with Gasteiger partial charge in [-0.3, -0.25) is 14.1 Å². The van der Waals surface area contributed by atoms with Crippen molar-refractivity contribution in [2.45, 2.75) is 270 Å².